The van der Waals surface area contributed by atoms with Gasteiger partial charge < -0.3 is 19.3 Å². The Morgan fingerprint density at radius 1 is 1.08 bits per heavy atom. The van der Waals surface area contributed by atoms with Crippen molar-refractivity contribution in [3.63, 3.8) is 0 Å². The minimum atomic E-state index is -0.155. The van der Waals surface area contributed by atoms with Crippen molar-refractivity contribution in [1.82, 2.24) is 9.80 Å². The molecule has 1 aliphatic rings. The summed E-state index contributed by atoms with van der Waals surface area (Å²) >= 11 is 6.01. The molecule has 1 aliphatic heterocycles. The number of carbonyl (C=O) groups is 3. The molecule has 0 radical (unpaired) electrons. The molecule has 1 saturated heterocycles. The Hall–Kier alpha value is -2.08. The summed E-state index contributed by atoms with van der Waals surface area (Å²) in [4.78, 5) is 39.5. The SMILES string of the molecule is COc1ccc(Cl)cc1C(=O)N1CCCN(C(=O)CCC(C)=O)CC1. The number of rotatable bonds is 5. The minimum absolute atomic E-state index is 0.00743. The van der Waals surface area contributed by atoms with Gasteiger partial charge in [-0.2, -0.15) is 0 Å². The van der Waals surface area contributed by atoms with E-state index in [1.807, 2.05) is 0 Å². The van der Waals surface area contributed by atoms with E-state index in [1.165, 1.54) is 14.0 Å². The van der Waals surface area contributed by atoms with Crippen LogP contribution in [0, 0.1) is 0 Å². The van der Waals surface area contributed by atoms with E-state index in [2.05, 4.69) is 0 Å². The van der Waals surface area contributed by atoms with Crippen molar-refractivity contribution in [2.75, 3.05) is 33.3 Å². The first-order valence-corrected chi connectivity index (χ1v) is 8.70. The fourth-order valence-electron chi connectivity index (χ4n) is 2.83. The predicted octanol–water partition coefficient (Wildman–Crippen LogP) is 2.39. The van der Waals surface area contributed by atoms with Crippen LogP contribution >= 0.6 is 11.6 Å². The van der Waals surface area contributed by atoms with Crippen LogP contribution in [-0.2, 0) is 9.59 Å². The van der Waals surface area contributed by atoms with Crippen molar-refractivity contribution < 1.29 is 19.1 Å². The van der Waals surface area contributed by atoms with Crippen molar-refractivity contribution in [3.05, 3.63) is 28.8 Å². The maximum Gasteiger partial charge on any atom is 0.257 e. The van der Waals surface area contributed by atoms with Crippen molar-refractivity contribution in [2.24, 2.45) is 0 Å². The third-order valence-corrected chi connectivity index (χ3v) is 4.45. The topological polar surface area (TPSA) is 66.9 Å². The van der Waals surface area contributed by atoms with Gasteiger partial charge in [-0.25, -0.2) is 0 Å². The molecule has 0 unspecified atom stereocenters. The maximum atomic E-state index is 12.8. The molecule has 0 N–H and O–H groups in total. The van der Waals surface area contributed by atoms with Crippen molar-refractivity contribution in [3.8, 4) is 5.75 Å². The van der Waals surface area contributed by atoms with Crippen LogP contribution in [0.4, 0.5) is 0 Å². The zero-order valence-electron chi connectivity index (χ0n) is 14.6. The minimum Gasteiger partial charge on any atom is -0.496 e. The van der Waals surface area contributed by atoms with Gasteiger partial charge in [-0.05, 0) is 31.5 Å². The Bertz CT molecular complexity index is 662. The fraction of sp³-hybridized carbons (Fsp3) is 0.500. The van der Waals surface area contributed by atoms with Crippen LogP contribution in [0.25, 0.3) is 0 Å². The van der Waals surface area contributed by atoms with Gasteiger partial charge in [0.15, 0.2) is 0 Å². The molecule has 0 spiro atoms. The highest BCUT2D eigenvalue weighted by Crippen LogP contribution is 2.24. The van der Waals surface area contributed by atoms with E-state index in [9.17, 15) is 14.4 Å². The van der Waals surface area contributed by atoms with E-state index in [1.54, 1.807) is 28.0 Å². The monoisotopic (exact) mass is 366 g/mol. The summed E-state index contributed by atoms with van der Waals surface area (Å²) in [6.07, 6.45) is 1.18. The lowest BCUT2D eigenvalue weighted by Crippen LogP contribution is -2.37. The standard InChI is InChI=1S/C18H23ClN2O4/c1-13(22)4-7-17(23)20-8-3-9-21(11-10-20)18(24)15-12-14(19)5-6-16(15)25-2/h5-6,12H,3-4,7-11H2,1-2H3. The second-order valence-electron chi connectivity index (χ2n) is 6.07. The average molecular weight is 367 g/mol. The molecule has 1 heterocycles. The van der Waals surface area contributed by atoms with E-state index < -0.39 is 0 Å². The van der Waals surface area contributed by atoms with Crippen LogP contribution < -0.4 is 4.74 Å². The van der Waals surface area contributed by atoms with Crippen LogP contribution in [-0.4, -0.2) is 60.7 Å². The van der Waals surface area contributed by atoms with E-state index >= 15 is 0 Å². The first-order chi connectivity index (χ1) is 11.9. The normalized spacial score (nSPS) is 14.8. The van der Waals surface area contributed by atoms with E-state index in [-0.39, 0.29) is 30.4 Å². The molecule has 7 heteroatoms. The summed E-state index contributed by atoms with van der Waals surface area (Å²) in [6, 6.07) is 4.95. The summed E-state index contributed by atoms with van der Waals surface area (Å²) < 4.78 is 5.25. The molecule has 0 aliphatic carbocycles. The molecular formula is C18H23ClN2O4. The molecule has 136 valence electrons. The van der Waals surface area contributed by atoms with Gasteiger partial charge in [0.05, 0.1) is 12.7 Å². The molecule has 1 aromatic rings. The van der Waals surface area contributed by atoms with Gasteiger partial charge in [0.1, 0.15) is 11.5 Å². The number of ketones is 1. The number of amides is 2. The molecule has 0 atom stereocenters. The number of benzene rings is 1. The molecule has 0 saturated carbocycles. The second kappa shape index (κ2) is 8.85. The molecule has 2 rings (SSSR count). The molecule has 2 amide bonds. The van der Waals surface area contributed by atoms with Gasteiger partial charge in [-0.3, -0.25) is 9.59 Å². The lowest BCUT2D eigenvalue weighted by atomic mass is 10.1. The van der Waals surface area contributed by atoms with Gasteiger partial charge in [-0.1, -0.05) is 11.6 Å². The molecule has 0 bridgehead atoms. The number of hydrogen-bond donors (Lipinski definition) is 0. The van der Waals surface area contributed by atoms with Crippen molar-refractivity contribution in [1.29, 1.82) is 0 Å². The number of carbonyl (C=O) groups excluding carboxylic acids is 3. The van der Waals surface area contributed by atoms with Crippen LogP contribution in [0.15, 0.2) is 18.2 Å². The maximum absolute atomic E-state index is 12.8. The van der Waals surface area contributed by atoms with E-state index in [0.717, 1.165) is 0 Å². The van der Waals surface area contributed by atoms with Crippen LogP contribution in [0.3, 0.4) is 0 Å². The number of nitrogens with zero attached hydrogens (tertiary/aromatic N) is 2. The summed E-state index contributed by atoms with van der Waals surface area (Å²) in [5.74, 6) is 0.295. The van der Waals surface area contributed by atoms with Crippen molar-refractivity contribution >= 4 is 29.2 Å². The van der Waals surface area contributed by atoms with Crippen molar-refractivity contribution in [2.45, 2.75) is 26.2 Å². The summed E-state index contributed by atoms with van der Waals surface area (Å²) in [5.41, 5.74) is 0.423. The van der Waals surface area contributed by atoms with E-state index in [4.69, 9.17) is 16.3 Å². The lowest BCUT2D eigenvalue weighted by molar-refractivity contribution is -0.132. The van der Waals surface area contributed by atoms with Gasteiger partial charge in [0, 0.05) is 44.0 Å². The molecular weight excluding hydrogens is 344 g/mol. The smallest absolute Gasteiger partial charge is 0.257 e. The quantitative estimate of drug-likeness (QED) is 0.802. The molecule has 1 fully saturated rings. The lowest BCUT2D eigenvalue weighted by Gasteiger charge is -2.23. The molecule has 25 heavy (non-hydrogen) atoms. The van der Waals surface area contributed by atoms with Crippen LogP contribution in [0.5, 0.6) is 5.75 Å². The Morgan fingerprint density at radius 2 is 1.76 bits per heavy atom. The number of methoxy groups -OCH3 is 1. The van der Waals surface area contributed by atoms with Gasteiger partial charge >= 0.3 is 0 Å². The second-order valence-corrected chi connectivity index (χ2v) is 6.51. The Labute approximate surface area is 152 Å². The number of hydrogen-bond acceptors (Lipinski definition) is 4. The first-order valence-electron chi connectivity index (χ1n) is 8.32. The largest absolute Gasteiger partial charge is 0.496 e. The highest BCUT2D eigenvalue weighted by Gasteiger charge is 2.24. The summed E-state index contributed by atoms with van der Waals surface area (Å²) in [7, 11) is 1.51. The number of Topliss-reactive ketones (excluding diaryl/α,β-unsaturated/α-hetero) is 1. The summed E-state index contributed by atoms with van der Waals surface area (Å²) in [6.45, 7) is 3.54. The average Bonchev–Trinajstić information content (AvgIpc) is 2.85. The Morgan fingerprint density at radius 3 is 2.44 bits per heavy atom. The Kier molecular flexibility index (Phi) is 6.82. The molecule has 6 nitrogen and oxygen atoms in total. The number of halogens is 1. The van der Waals surface area contributed by atoms with Crippen LogP contribution in [0.2, 0.25) is 5.02 Å². The third-order valence-electron chi connectivity index (χ3n) is 4.22. The fourth-order valence-corrected chi connectivity index (χ4v) is 3.00. The van der Waals surface area contributed by atoms with E-state index in [0.29, 0.717) is 48.9 Å². The van der Waals surface area contributed by atoms with Gasteiger partial charge in [0.2, 0.25) is 5.91 Å². The number of ether oxygens (including phenoxy) is 1. The van der Waals surface area contributed by atoms with Gasteiger partial charge in [-0.15, -0.1) is 0 Å². The first kappa shape index (κ1) is 19.2. The highest BCUT2D eigenvalue weighted by molar-refractivity contribution is 6.31. The Balaban J connectivity index is 2.03. The zero-order chi connectivity index (χ0) is 18.4. The highest BCUT2D eigenvalue weighted by atomic mass is 35.5. The third kappa shape index (κ3) is 5.19. The van der Waals surface area contributed by atoms with Crippen LogP contribution in [0.1, 0.15) is 36.5 Å². The molecule has 1 aromatic carbocycles. The summed E-state index contributed by atoms with van der Waals surface area (Å²) in [5, 5.41) is 0.472. The predicted molar refractivity (Wildman–Crippen MR) is 95.0 cm³/mol. The zero-order valence-corrected chi connectivity index (χ0v) is 15.3. The van der Waals surface area contributed by atoms with Gasteiger partial charge in [0.25, 0.3) is 5.91 Å². The molecule has 0 aromatic heterocycles.